The fraction of sp³-hybridized carbons (Fsp3) is 0.647. The molecule has 0 amide bonds. The molecule has 2 aliphatic rings. The molecule has 2 heterocycles. The maximum atomic E-state index is 5.73. The lowest BCUT2D eigenvalue weighted by Crippen LogP contribution is -2.48. The van der Waals surface area contributed by atoms with Gasteiger partial charge in [-0.2, -0.15) is 0 Å². The quantitative estimate of drug-likeness (QED) is 0.841. The Balaban J connectivity index is 1.67. The highest BCUT2D eigenvalue weighted by Gasteiger charge is 2.27. The Labute approximate surface area is 133 Å². The Kier molecular flexibility index (Phi) is 5.07. The maximum absolute atomic E-state index is 5.73. The first-order chi connectivity index (χ1) is 10.3. The third-order valence-corrected chi connectivity index (χ3v) is 5.12. The smallest absolute Gasteiger partial charge is 0.169 e. The second-order valence-corrected chi connectivity index (χ2v) is 6.66. The van der Waals surface area contributed by atoms with Crippen LogP contribution >= 0.6 is 12.2 Å². The number of thiocarbonyl (C=S) groups is 1. The zero-order chi connectivity index (χ0) is 14.5. The van der Waals surface area contributed by atoms with Crippen LogP contribution in [-0.4, -0.2) is 27.6 Å². The lowest BCUT2D eigenvalue weighted by atomic mass is 9.95. The highest BCUT2D eigenvalue weighted by Crippen LogP contribution is 2.30. The molecule has 1 aliphatic carbocycles. The molecule has 0 radical (unpaired) electrons. The minimum Gasteiger partial charge on any atom is -0.360 e. The van der Waals surface area contributed by atoms with Gasteiger partial charge in [0, 0.05) is 25.0 Å². The molecule has 1 saturated heterocycles. The summed E-state index contributed by atoms with van der Waals surface area (Å²) >= 11 is 5.73. The standard InChI is InChI=1S/C17H25N3S/c21-17(19-15-8-2-1-3-9-15)20-12-5-4-10-16(20)14-7-6-11-18-13-14/h6-7,11,13,15-16H,1-5,8-10,12H2,(H,19,21)/t16-/m1/s1. The van der Waals surface area contributed by atoms with Gasteiger partial charge in [0.25, 0.3) is 0 Å². The average Bonchev–Trinajstić information content (AvgIpc) is 2.56. The van der Waals surface area contributed by atoms with E-state index in [2.05, 4.69) is 21.3 Å². The normalized spacial score (nSPS) is 23.8. The fourth-order valence-corrected chi connectivity index (χ4v) is 3.98. The van der Waals surface area contributed by atoms with Crippen molar-refractivity contribution >= 4 is 17.3 Å². The molecule has 1 aromatic heterocycles. The lowest BCUT2D eigenvalue weighted by molar-refractivity contribution is 0.237. The molecule has 3 rings (SSSR count). The molecule has 0 aromatic carbocycles. The maximum Gasteiger partial charge on any atom is 0.169 e. The molecule has 1 saturated carbocycles. The third kappa shape index (κ3) is 3.73. The van der Waals surface area contributed by atoms with Crippen LogP contribution in [0.15, 0.2) is 24.5 Å². The van der Waals surface area contributed by atoms with Crippen molar-refractivity contribution in [3.8, 4) is 0 Å². The number of hydrogen-bond acceptors (Lipinski definition) is 2. The van der Waals surface area contributed by atoms with E-state index < -0.39 is 0 Å². The summed E-state index contributed by atoms with van der Waals surface area (Å²) in [6, 6.07) is 5.19. The van der Waals surface area contributed by atoms with Gasteiger partial charge in [0.2, 0.25) is 0 Å². The van der Waals surface area contributed by atoms with Crippen molar-refractivity contribution < 1.29 is 0 Å². The number of rotatable bonds is 2. The van der Waals surface area contributed by atoms with Crippen LogP contribution in [0.25, 0.3) is 0 Å². The van der Waals surface area contributed by atoms with Gasteiger partial charge < -0.3 is 10.2 Å². The van der Waals surface area contributed by atoms with E-state index in [9.17, 15) is 0 Å². The molecular formula is C17H25N3S. The number of hydrogen-bond donors (Lipinski definition) is 1. The van der Waals surface area contributed by atoms with E-state index in [-0.39, 0.29) is 0 Å². The van der Waals surface area contributed by atoms with Gasteiger partial charge in [-0.15, -0.1) is 0 Å². The summed E-state index contributed by atoms with van der Waals surface area (Å²) < 4.78 is 0. The second-order valence-electron chi connectivity index (χ2n) is 6.28. The highest BCUT2D eigenvalue weighted by atomic mass is 32.1. The fourth-order valence-electron chi connectivity index (χ4n) is 3.60. The monoisotopic (exact) mass is 303 g/mol. The molecule has 0 bridgehead atoms. The van der Waals surface area contributed by atoms with Crippen LogP contribution in [0.3, 0.4) is 0 Å². The number of nitrogens with zero attached hydrogens (tertiary/aromatic N) is 2. The summed E-state index contributed by atoms with van der Waals surface area (Å²) in [4.78, 5) is 6.67. The molecule has 3 nitrogen and oxygen atoms in total. The zero-order valence-electron chi connectivity index (χ0n) is 12.6. The predicted octanol–water partition coefficient (Wildman–Crippen LogP) is 3.82. The van der Waals surface area contributed by atoms with Crippen molar-refractivity contribution in [2.45, 2.75) is 63.5 Å². The number of aromatic nitrogens is 1. The predicted molar refractivity (Wildman–Crippen MR) is 90.1 cm³/mol. The van der Waals surface area contributed by atoms with Crippen LogP contribution < -0.4 is 5.32 Å². The topological polar surface area (TPSA) is 28.2 Å². The van der Waals surface area contributed by atoms with Gasteiger partial charge in [0.1, 0.15) is 0 Å². The molecule has 0 unspecified atom stereocenters. The van der Waals surface area contributed by atoms with Crippen molar-refractivity contribution in [3.63, 3.8) is 0 Å². The molecular weight excluding hydrogens is 278 g/mol. The Bertz CT molecular complexity index is 456. The van der Waals surface area contributed by atoms with Gasteiger partial charge in [0.15, 0.2) is 5.11 Å². The van der Waals surface area contributed by atoms with E-state index in [0.717, 1.165) is 11.7 Å². The number of likely N-dealkylation sites (tertiary alicyclic amines) is 1. The minimum absolute atomic E-state index is 0.399. The number of piperidine rings is 1. The van der Waals surface area contributed by atoms with Crippen molar-refractivity contribution in [1.29, 1.82) is 0 Å². The Morgan fingerprint density at radius 2 is 1.95 bits per heavy atom. The minimum atomic E-state index is 0.399. The molecule has 1 aromatic rings. The molecule has 21 heavy (non-hydrogen) atoms. The van der Waals surface area contributed by atoms with E-state index in [0.29, 0.717) is 12.1 Å². The van der Waals surface area contributed by atoms with E-state index in [4.69, 9.17) is 12.2 Å². The van der Waals surface area contributed by atoms with Gasteiger partial charge >= 0.3 is 0 Å². The van der Waals surface area contributed by atoms with Gasteiger partial charge in [-0.05, 0) is 56.0 Å². The molecule has 114 valence electrons. The summed E-state index contributed by atoms with van der Waals surface area (Å²) in [7, 11) is 0. The van der Waals surface area contributed by atoms with Crippen LogP contribution in [0.1, 0.15) is 63.0 Å². The largest absolute Gasteiger partial charge is 0.360 e. The van der Waals surface area contributed by atoms with Gasteiger partial charge in [-0.25, -0.2) is 0 Å². The molecule has 4 heteroatoms. The summed E-state index contributed by atoms with van der Waals surface area (Å²) in [6.07, 6.45) is 14.1. The molecule has 2 fully saturated rings. The van der Waals surface area contributed by atoms with E-state index in [1.54, 1.807) is 0 Å². The van der Waals surface area contributed by atoms with E-state index in [1.807, 2.05) is 18.5 Å². The van der Waals surface area contributed by atoms with Gasteiger partial charge in [-0.1, -0.05) is 25.3 Å². The number of nitrogens with one attached hydrogen (secondary N) is 1. The van der Waals surface area contributed by atoms with Crippen LogP contribution in [0.2, 0.25) is 0 Å². The summed E-state index contributed by atoms with van der Waals surface area (Å²) in [5.74, 6) is 0. The van der Waals surface area contributed by atoms with Crippen molar-refractivity contribution in [1.82, 2.24) is 15.2 Å². The third-order valence-electron chi connectivity index (χ3n) is 4.77. The first-order valence-electron chi connectivity index (χ1n) is 8.31. The SMILES string of the molecule is S=C(NC1CCCCC1)N1CCCC[C@@H]1c1cccnc1. The van der Waals surface area contributed by atoms with Gasteiger partial charge in [-0.3, -0.25) is 4.98 Å². The summed E-state index contributed by atoms with van der Waals surface area (Å²) in [6.45, 7) is 1.07. The van der Waals surface area contributed by atoms with Crippen LogP contribution in [-0.2, 0) is 0 Å². The van der Waals surface area contributed by atoms with Crippen molar-refractivity contribution in [2.75, 3.05) is 6.54 Å². The van der Waals surface area contributed by atoms with E-state index >= 15 is 0 Å². The second kappa shape index (κ2) is 7.21. The molecule has 1 aliphatic heterocycles. The molecule has 1 N–H and O–H groups in total. The number of pyridine rings is 1. The van der Waals surface area contributed by atoms with E-state index in [1.165, 1.54) is 56.9 Å². The van der Waals surface area contributed by atoms with Crippen LogP contribution in [0.4, 0.5) is 0 Å². The van der Waals surface area contributed by atoms with Crippen LogP contribution in [0.5, 0.6) is 0 Å². The highest BCUT2D eigenvalue weighted by molar-refractivity contribution is 7.80. The Hall–Kier alpha value is -1.16. The van der Waals surface area contributed by atoms with Crippen LogP contribution in [0, 0.1) is 0 Å². The summed E-state index contributed by atoms with van der Waals surface area (Å²) in [5.41, 5.74) is 1.30. The first kappa shape index (κ1) is 14.8. The average molecular weight is 303 g/mol. The Morgan fingerprint density at radius 1 is 1.14 bits per heavy atom. The van der Waals surface area contributed by atoms with Crippen molar-refractivity contribution in [2.24, 2.45) is 0 Å². The molecule has 1 atom stereocenters. The molecule has 0 spiro atoms. The first-order valence-corrected chi connectivity index (χ1v) is 8.72. The van der Waals surface area contributed by atoms with Gasteiger partial charge in [0.05, 0.1) is 6.04 Å². The lowest BCUT2D eigenvalue weighted by Gasteiger charge is -2.39. The summed E-state index contributed by atoms with van der Waals surface area (Å²) in [5, 5.41) is 4.58. The zero-order valence-corrected chi connectivity index (χ0v) is 13.4. The Morgan fingerprint density at radius 3 is 2.71 bits per heavy atom. The van der Waals surface area contributed by atoms with Crippen molar-refractivity contribution in [3.05, 3.63) is 30.1 Å².